The van der Waals surface area contributed by atoms with Gasteiger partial charge in [0.25, 0.3) is 0 Å². The lowest BCUT2D eigenvalue weighted by atomic mass is 9.51. The van der Waals surface area contributed by atoms with E-state index in [9.17, 15) is 0 Å². The predicted molar refractivity (Wildman–Crippen MR) is 65.9 cm³/mol. The Labute approximate surface area is 95.6 Å². The summed E-state index contributed by atoms with van der Waals surface area (Å²) in [6, 6.07) is 0. The quantitative estimate of drug-likeness (QED) is 0.587. The molecule has 0 radical (unpaired) electrons. The van der Waals surface area contributed by atoms with Crippen LogP contribution in [0.25, 0.3) is 0 Å². The lowest BCUT2D eigenvalue weighted by Crippen LogP contribution is -2.53. The van der Waals surface area contributed by atoms with Crippen molar-refractivity contribution in [2.45, 2.75) is 54.9 Å². The largest absolute Gasteiger partial charge is 0.381 e. The van der Waals surface area contributed by atoms with Crippen LogP contribution in [0.4, 0.5) is 0 Å². The van der Waals surface area contributed by atoms with E-state index in [1.54, 1.807) is 0 Å². The zero-order chi connectivity index (χ0) is 11.9. The molecule has 1 unspecified atom stereocenters. The second-order valence-corrected chi connectivity index (χ2v) is 7.41. The van der Waals surface area contributed by atoms with Gasteiger partial charge in [-0.25, -0.2) is 0 Å². The maximum atomic E-state index is 5.85. The lowest BCUT2D eigenvalue weighted by Gasteiger charge is -2.56. The predicted octanol–water partition coefficient (Wildman–Crippen LogP) is 4.12. The fourth-order valence-electron chi connectivity index (χ4n) is 3.32. The second kappa shape index (κ2) is 3.76. The van der Waals surface area contributed by atoms with E-state index >= 15 is 0 Å². The lowest BCUT2D eigenvalue weighted by molar-refractivity contribution is -0.151. The first-order chi connectivity index (χ1) is 6.60. The Morgan fingerprint density at radius 2 is 1.47 bits per heavy atom. The van der Waals surface area contributed by atoms with E-state index in [2.05, 4.69) is 48.5 Å². The molecule has 1 heteroatoms. The highest BCUT2D eigenvalue weighted by molar-refractivity contribution is 5.00. The summed E-state index contributed by atoms with van der Waals surface area (Å²) < 4.78 is 5.85. The summed E-state index contributed by atoms with van der Waals surface area (Å²) in [6.07, 6.45) is 1.29. The van der Waals surface area contributed by atoms with Crippen molar-refractivity contribution in [2.24, 2.45) is 22.2 Å². The van der Waals surface area contributed by atoms with Crippen LogP contribution in [0.15, 0.2) is 0 Å². The minimum Gasteiger partial charge on any atom is -0.381 e. The number of hydrogen-bond acceptors (Lipinski definition) is 1. The average molecular weight is 212 g/mol. The van der Waals surface area contributed by atoms with Gasteiger partial charge >= 0.3 is 0 Å². The summed E-state index contributed by atoms with van der Waals surface area (Å²) in [4.78, 5) is 0. The van der Waals surface area contributed by atoms with Crippen LogP contribution in [0.1, 0.15) is 54.9 Å². The van der Waals surface area contributed by atoms with Gasteiger partial charge < -0.3 is 4.74 Å². The van der Waals surface area contributed by atoms with E-state index in [0.717, 1.165) is 13.2 Å². The van der Waals surface area contributed by atoms with Gasteiger partial charge in [-0.05, 0) is 23.2 Å². The molecule has 1 rings (SSSR count). The van der Waals surface area contributed by atoms with Crippen LogP contribution in [-0.4, -0.2) is 13.2 Å². The summed E-state index contributed by atoms with van der Waals surface area (Å²) in [6.45, 7) is 18.3. The molecule has 0 aromatic rings. The topological polar surface area (TPSA) is 9.23 Å². The summed E-state index contributed by atoms with van der Waals surface area (Å²) in [5.41, 5.74) is 0.914. The Kier molecular flexibility index (Phi) is 3.27. The third-order valence-corrected chi connectivity index (χ3v) is 4.32. The Morgan fingerprint density at radius 3 is 1.73 bits per heavy atom. The summed E-state index contributed by atoms with van der Waals surface area (Å²) in [5.74, 6) is 0.692. The third kappa shape index (κ3) is 2.22. The third-order valence-electron chi connectivity index (χ3n) is 4.32. The van der Waals surface area contributed by atoms with Gasteiger partial charge in [-0.2, -0.15) is 0 Å². The molecule has 1 aliphatic heterocycles. The molecular formula is C14H28O. The molecule has 90 valence electrons. The summed E-state index contributed by atoms with van der Waals surface area (Å²) in [5, 5.41) is 0. The van der Waals surface area contributed by atoms with Crippen molar-refractivity contribution in [2.75, 3.05) is 13.2 Å². The molecule has 1 nitrogen and oxygen atoms in total. The summed E-state index contributed by atoms with van der Waals surface area (Å²) >= 11 is 0. The molecule has 0 aliphatic carbocycles. The van der Waals surface area contributed by atoms with Crippen LogP contribution >= 0.6 is 0 Å². The Morgan fingerprint density at radius 1 is 1.00 bits per heavy atom. The molecule has 0 saturated carbocycles. The molecule has 15 heavy (non-hydrogen) atoms. The van der Waals surface area contributed by atoms with E-state index in [-0.39, 0.29) is 0 Å². The molecule has 1 aliphatic rings. The van der Waals surface area contributed by atoms with Gasteiger partial charge in [0, 0.05) is 12.0 Å². The second-order valence-electron chi connectivity index (χ2n) is 7.41. The minimum absolute atomic E-state index is 0.303. The monoisotopic (exact) mass is 212 g/mol. The SMILES string of the molecule is CC1COCC(C(C)(C)C)(C(C)(C)C)C1. The highest BCUT2D eigenvalue weighted by Crippen LogP contribution is 2.56. The van der Waals surface area contributed by atoms with Gasteiger partial charge in [-0.1, -0.05) is 48.5 Å². The molecule has 0 aromatic heterocycles. The first-order valence-corrected chi connectivity index (χ1v) is 6.18. The van der Waals surface area contributed by atoms with Crippen molar-refractivity contribution in [3.8, 4) is 0 Å². The van der Waals surface area contributed by atoms with Crippen LogP contribution in [0.2, 0.25) is 0 Å². The van der Waals surface area contributed by atoms with E-state index in [4.69, 9.17) is 4.74 Å². The van der Waals surface area contributed by atoms with Crippen molar-refractivity contribution >= 4 is 0 Å². The molecule has 1 saturated heterocycles. The number of ether oxygens (including phenoxy) is 1. The van der Waals surface area contributed by atoms with Gasteiger partial charge in [0.05, 0.1) is 6.61 Å². The standard InChI is InChI=1S/C14H28O/c1-11-8-14(10-15-9-11,12(2,3)4)13(5,6)7/h11H,8-10H2,1-7H3. The first-order valence-electron chi connectivity index (χ1n) is 6.18. The van der Waals surface area contributed by atoms with Crippen LogP contribution in [0, 0.1) is 22.2 Å². The maximum absolute atomic E-state index is 5.85. The number of rotatable bonds is 0. The smallest absolute Gasteiger partial charge is 0.0532 e. The molecule has 1 fully saturated rings. The van der Waals surface area contributed by atoms with E-state index in [1.165, 1.54) is 6.42 Å². The fourth-order valence-corrected chi connectivity index (χ4v) is 3.32. The van der Waals surface area contributed by atoms with Crippen LogP contribution in [0.5, 0.6) is 0 Å². The van der Waals surface area contributed by atoms with Crippen molar-refractivity contribution in [1.29, 1.82) is 0 Å². The van der Waals surface area contributed by atoms with Crippen molar-refractivity contribution in [3.05, 3.63) is 0 Å². The van der Waals surface area contributed by atoms with Crippen LogP contribution in [-0.2, 0) is 4.74 Å². The van der Waals surface area contributed by atoms with E-state index in [1.807, 2.05) is 0 Å². The van der Waals surface area contributed by atoms with Gasteiger partial charge in [-0.3, -0.25) is 0 Å². The minimum atomic E-state index is 0.303. The normalized spacial score (nSPS) is 27.8. The Bertz CT molecular complexity index is 202. The highest BCUT2D eigenvalue weighted by Gasteiger charge is 2.52. The van der Waals surface area contributed by atoms with Crippen molar-refractivity contribution in [1.82, 2.24) is 0 Å². The maximum Gasteiger partial charge on any atom is 0.0532 e. The van der Waals surface area contributed by atoms with E-state index < -0.39 is 0 Å². The summed E-state index contributed by atoms with van der Waals surface area (Å²) in [7, 11) is 0. The zero-order valence-corrected chi connectivity index (χ0v) is 11.6. The van der Waals surface area contributed by atoms with E-state index in [0.29, 0.717) is 22.2 Å². The number of hydrogen-bond donors (Lipinski definition) is 0. The fraction of sp³-hybridized carbons (Fsp3) is 1.00. The molecule has 0 N–H and O–H groups in total. The van der Waals surface area contributed by atoms with Gasteiger partial charge in [0.15, 0.2) is 0 Å². The van der Waals surface area contributed by atoms with Gasteiger partial charge in [0.1, 0.15) is 0 Å². The zero-order valence-electron chi connectivity index (χ0n) is 11.6. The molecule has 1 atom stereocenters. The van der Waals surface area contributed by atoms with Crippen molar-refractivity contribution < 1.29 is 4.74 Å². The molecule has 0 aromatic carbocycles. The van der Waals surface area contributed by atoms with Gasteiger partial charge in [0.2, 0.25) is 0 Å². The molecule has 0 amide bonds. The molecular weight excluding hydrogens is 184 g/mol. The molecule has 1 heterocycles. The molecule has 0 bridgehead atoms. The van der Waals surface area contributed by atoms with Crippen molar-refractivity contribution in [3.63, 3.8) is 0 Å². The highest BCUT2D eigenvalue weighted by atomic mass is 16.5. The van der Waals surface area contributed by atoms with Crippen LogP contribution < -0.4 is 0 Å². The Hall–Kier alpha value is -0.0400. The first kappa shape index (κ1) is 13.0. The Balaban J connectivity index is 3.07. The molecule has 0 spiro atoms. The van der Waals surface area contributed by atoms with Gasteiger partial charge in [-0.15, -0.1) is 0 Å². The van der Waals surface area contributed by atoms with Crippen LogP contribution in [0.3, 0.4) is 0 Å². The average Bonchev–Trinajstić information content (AvgIpc) is 1.99.